The molecule has 0 radical (unpaired) electrons. The summed E-state index contributed by atoms with van der Waals surface area (Å²) in [7, 11) is 10.0. The molecule has 6 heteroatoms. The van der Waals surface area contributed by atoms with E-state index in [0.717, 1.165) is 66.8 Å². The van der Waals surface area contributed by atoms with Crippen molar-refractivity contribution in [3.63, 3.8) is 0 Å². The van der Waals surface area contributed by atoms with Gasteiger partial charge in [-0.1, -0.05) is 116 Å². The topological polar surface area (TPSA) is 55.4 Å². The molecule has 0 amide bonds. The molecule has 6 nitrogen and oxygen atoms in total. The van der Waals surface area contributed by atoms with Crippen molar-refractivity contribution in [1.29, 1.82) is 0 Å². The Kier molecular flexibility index (Phi) is 24.1. The van der Waals surface area contributed by atoms with Crippen LogP contribution in [0.15, 0.2) is 109 Å². The van der Waals surface area contributed by atoms with E-state index in [-0.39, 0.29) is 0 Å². The smallest absolute Gasteiger partial charge is 0.126 e. The molecule has 0 spiro atoms. The van der Waals surface area contributed by atoms with Gasteiger partial charge in [0.05, 0.1) is 42.7 Å². The third kappa shape index (κ3) is 12.4. The van der Waals surface area contributed by atoms with Crippen LogP contribution in [0.3, 0.4) is 0 Å². The third-order valence-electron chi connectivity index (χ3n) is 6.83. The number of hydrogen-bond donors (Lipinski definition) is 0. The molecule has 0 aliphatic carbocycles. The standard InChI is InChI=1S/3C12H12O2.4C2H6/c1-13-11-7-3-6-10-9(11)5-4-8-12(10)14-2;1-13-10-6-7-11-9(8-10)4-3-5-12(11)14-2;1-13-11-7-8-12(14-2)10-6-4-3-5-9(10)11;4*1-2/h3*3-8H,1-2H3;4*1-2H3. The van der Waals surface area contributed by atoms with Crippen molar-refractivity contribution < 1.29 is 28.4 Å². The van der Waals surface area contributed by atoms with Gasteiger partial charge in [0.25, 0.3) is 0 Å². The van der Waals surface area contributed by atoms with Crippen molar-refractivity contribution in [2.75, 3.05) is 42.7 Å². The van der Waals surface area contributed by atoms with Gasteiger partial charge < -0.3 is 28.4 Å². The van der Waals surface area contributed by atoms with Crippen LogP contribution in [0.2, 0.25) is 0 Å². The average Bonchev–Trinajstić information content (AvgIpc) is 3.22. The first kappa shape index (κ1) is 44.9. The molecule has 0 aliphatic rings. The van der Waals surface area contributed by atoms with Gasteiger partial charge in [-0.05, 0) is 53.9 Å². The van der Waals surface area contributed by atoms with E-state index in [9.17, 15) is 0 Å². The Balaban J connectivity index is 0.000000653. The van der Waals surface area contributed by atoms with E-state index in [0.29, 0.717) is 0 Å². The monoisotopic (exact) mass is 684 g/mol. The zero-order valence-corrected chi connectivity index (χ0v) is 32.8. The van der Waals surface area contributed by atoms with Crippen molar-refractivity contribution in [2.45, 2.75) is 55.4 Å². The lowest BCUT2D eigenvalue weighted by Crippen LogP contribution is -1.88. The minimum absolute atomic E-state index is 0.866. The largest absolute Gasteiger partial charge is 0.497 e. The van der Waals surface area contributed by atoms with Crippen molar-refractivity contribution in [3.8, 4) is 34.5 Å². The van der Waals surface area contributed by atoms with E-state index < -0.39 is 0 Å². The van der Waals surface area contributed by atoms with Crippen LogP contribution in [0, 0.1) is 0 Å². The molecule has 0 atom stereocenters. The first-order valence-electron chi connectivity index (χ1n) is 17.4. The molecular weight excluding hydrogens is 624 g/mol. The fourth-order valence-electron chi connectivity index (χ4n) is 4.75. The van der Waals surface area contributed by atoms with Crippen LogP contribution in [-0.2, 0) is 0 Å². The molecule has 272 valence electrons. The molecule has 0 unspecified atom stereocenters. The summed E-state index contributed by atoms with van der Waals surface area (Å²) in [5, 5.41) is 6.55. The lowest BCUT2D eigenvalue weighted by atomic mass is 10.1. The van der Waals surface area contributed by atoms with E-state index in [1.807, 2.05) is 165 Å². The molecule has 0 aromatic heterocycles. The first-order chi connectivity index (χ1) is 24.6. The Morgan fingerprint density at radius 3 is 0.960 bits per heavy atom. The quantitative estimate of drug-likeness (QED) is 0.174. The van der Waals surface area contributed by atoms with Crippen LogP contribution in [-0.4, -0.2) is 42.7 Å². The molecule has 0 saturated heterocycles. The highest BCUT2D eigenvalue weighted by Crippen LogP contribution is 2.33. The SMILES string of the molecule is CC.CC.CC.CC.COc1ccc(OC)c2ccccc12.COc1ccc2c(OC)cccc2c1.COc1cccc2c(OC)cccc12. The zero-order chi connectivity index (χ0) is 37.9. The van der Waals surface area contributed by atoms with Crippen molar-refractivity contribution in [1.82, 2.24) is 0 Å². The fourth-order valence-corrected chi connectivity index (χ4v) is 4.75. The lowest BCUT2D eigenvalue weighted by Gasteiger charge is -2.08. The molecule has 0 aliphatic heterocycles. The maximum atomic E-state index is 5.27. The molecule has 0 fully saturated rings. The van der Waals surface area contributed by atoms with Crippen LogP contribution >= 0.6 is 0 Å². The highest BCUT2D eigenvalue weighted by atomic mass is 16.5. The zero-order valence-electron chi connectivity index (χ0n) is 32.8. The van der Waals surface area contributed by atoms with E-state index in [4.69, 9.17) is 28.4 Å². The minimum atomic E-state index is 0.866. The number of rotatable bonds is 6. The van der Waals surface area contributed by atoms with Crippen LogP contribution in [0.5, 0.6) is 34.5 Å². The molecule has 0 bridgehead atoms. The minimum Gasteiger partial charge on any atom is -0.497 e. The van der Waals surface area contributed by atoms with Gasteiger partial charge in [-0.15, -0.1) is 0 Å². The predicted molar refractivity (Wildman–Crippen MR) is 217 cm³/mol. The number of fused-ring (bicyclic) bond motifs is 3. The molecule has 0 N–H and O–H groups in total. The van der Waals surface area contributed by atoms with Crippen LogP contribution < -0.4 is 28.4 Å². The third-order valence-corrected chi connectivity index (χ3v) is 6.83. The Labute approximate surface area is 301 Å². The summed E-state index contributed by atoms with van der Waals surface area (Å²) in [6.07, 6.45) is 0. The summed E-state index contributed by atoms with van der Waals surface area (Å²) in [6.45, 7) is 16.0. The summed E-state index contributed by atoms with van der Waals surface area (Å²) in [6, 6.07) is 35.6. The second kappa shape index (κ2) is 26.8. The fraction of sp³-hybridized carbons (Fsp3) is 0.318. The second-order valence-electron chi connectivity index (χ2n) is 9.08. The Hall–Kier alpha value is -5.10. The summed E-state index contributed by atoms with van der Waals surface area (Å²) in [5.41, 5.74) is 0. The average molecular weight is 685 g/mol. The van der Waals surface area contributed by atoms with Gasteiger partial charge in [-0.2, -0.15) is 0 Å². The van der Waals surface area contributed by atoms with Crippen LogP contribution in [0.25, 0.3) is 32.3 Å². The molecule has 6 aromatic rings. The summed E-state index contributed by atoms with van der Waals surface area (Å²) >= 11 is 0. The van der Waals surface area contributed by atoms with Gasteiger partial charge in [0.2, 0.25) is 0 Å². The molecule has 6 aromatic carbocycles. The highest BCUT2D eigenvalue weighted by Gasteiger charge is 2.06. The predicted octanol–water partition coefficient (Wildman–Crippen LogP) is 12.7. The van der Waals surface area contributed by atoms with Gasteiger partial charge in [0.1, 0.15) is 34.5 Å². The number of ether oxygens (including phenoxy) is 6. The van der Waals surface area contributed by atoms with Crippen molar-refractivity contribution >= 4 is 32.3 Å². The van der Waals surface area contributed by atoms with Gasteiger partial charge in [-0.25, -0.2) is 0 Å². The van der Waals surface area contributed by atoms with E-state index in [1.165, 1.54) is 0 Å². The molecular formula is C44H60O6. The normalized spacial score (nSPS) is 9.00. The van der Waals surface area contributed by atoms with E-state index >= 15 is 0 Å². The lowest BCUT2D eigenvalue weighted by molar-refractivity contribution is 0.410. The maximum Gasteiger partial charge on any atom is 0.126 e. The molecule has 0 heterocycles. The van der Waals surface area contributed by atoms with E-state index in [1.54, 1.807) is 42.7 Å². The first-order valence-corrected chi connectivity index (χ1v) is 17.4. The Morgan fingerprint density at radius 1 is 0.280 bits per heavy atom. The number of benzene rings is 6. The maximum absolute atomic E-state index is 5.27. The van der Waals surface area contributed by atoms with Crippen LogP contribution in [0.1, 0.15) is 55.4 Å². The summed E-state index contributed by atoms with van der Waals surface area (Å²) in [5.74, 6) is 5.27. The highest BCUT2D eigenvalue weighted by molar-refractivity contribution is 5.94. The van der Waals surface area contributed by atoms with Crippen molar-refractivity contribution in [3.05, 3.63) is 109 Å². The van der Waals surface area contributed by atoms with E-state index in [2.05, 4.69) is 0 Å². The Bertz CT molecular complexity index is 1640. The van der Waals surface area contributed by atoms with Gasteiger partial charge in [-0.3, -0.25) is 0 Å². The summed E-state index contributed by atoms with van der Waals surface area (Å²) in [4.78, 5) is 0. The van der Waals surface area contributed by atoms with Crippen LogP contribution in [0.4, 0.5) is 0 Å². The van der Waals surface area contributed by atoms with Gasteiger partial charge in [0, 0.05) is 26.9 Å². The van der Waals surface area contributed by atoms with Gasteiger partial charge in [0.15, 0.2) is 0 Å². The Morgan fingerprint density at radius 2 is 0.600 bits per heavy atom. The molecule has 0 saturated carbocycles. The summed E-state index contributed by atoms with van der Waals surface area (Å²) < 4.78 is 31.5. The second-order valence-corrected chi connectivity index (χ2v) is 9.08. The molecule has 50 heavy (non-hydrogen) atoms. The number of hydrogen-bond acceptors (Lipinski definition) is 6. The van der Waals surface area contributed by atoms with Gasteiger partial charge >= 0.3 is 0 Å². The molecule has 6 rings (SSSR count). The number of methoxy groups -OCH3 is 6. The van der Waals surface area contributed by atoms with Crippen molar-refractivity contribution in [2.24, 2.45) is 0 Å².